The van der Waals surface area contributed by atoms with Crippen LogP contribution in [0.2, 0.25) is 0 Å². The van der Waals surface area contributed by atoms with Gasteiger partial charge in [0.05, 0.1) is 12.3 Å². The quantitative estimate of drug-likeness (QED) is 0.496. The maximum atomic E-state index is 12.6. The highest BCUT2D eigenvalue weighted by atomic mass is 16.5. The van der Waals surface area contributed by atoms with Crippen molar-refractivity contribution in [3.05, 3.63) is 88.6 Å². The number of nitrogens with zero attached hydrogens (tertiary/aromatic N) is 2. The molecule has 4 rings (SSSR count). The molecule has 1 amide bonds. The zero-order valence-electron chi connectivity index (χ0n) is 16.6. The van der Waals surface area contributed by atoms with Gasteiger partial charge >= 0.3 is 0 Å². The fourth-order valence-electron chi connectivity index (χ4n) is 3.19. The molecule has 0 saturated carbocycles. The number of H-pyrrole nitrogens is 1. The van der Waals surface area contributed by atoms with E-state index in [-0.39, 0.29) is 11.5 Å². The van der Waals surface area contributed by atoms with Crippen LogP contribution in [0.5, 0.6) is 5.75 Å². The molecule has 3 heterocycles. The second-order valence-electron chi connectivity index (χ2n) is 6.87. The van der Waals surface area contributed by atoms with Gasteiger partial charge in [0.2, 0.25) is 0 Å². The monoisotopic (exact) mass is 402 g/mol. The average Bonchev–Trinajstić information content (AvgIpc) is 3.21. The second kappa shape index (κ2) is 8.65. The summed E-state index contributed by atoms with van der Waals surface area (Å²) in [5.41, 5.74) is 2.42. The maximum Gasteiger partial charge on any atom is 0.268 e. The predicted molar refractivity (Wildman–Crippen MR) is 115 cm³/mol. The van der Waals surface area contributed by atoms with E-state index in [4.69, 9.17) is 4.74 Å². The molecule has 0 atom stereocenters. The molecular formula is C23H22N4O3. The smallest absolute Gasteiger partial charge is 0.268 e. The van der Waals surface area contributed by atoms with E-state index in [2.05, 4.69) is 15.3 Å². The van der Waals surface area contributed by atoms with Crippen molar-refractivity contribution in [1.82, 2.24) is 19.9 Å². The van der Waals surface area contributed by atoms with Crippen LogP contribution in [0.4, 0.5) is 0 Å². The summed E-state index contributed by atoms with van der Waals surface area (Å²) in [5, 5.41) is 3.65. The van der Waals surface area contributed by atoms with Gasteiger partial charge in [-0.1, -0.05) is 6.92 Å². The van der Waals surface area contributed by atoms with Gasteiger partial charge in [-0.3, -0.25) is 19.1 Å². The summed E-state index contributed by atoms with van der Waals surface area (Å²) >= 11 is 0. The van der Waals surface area contributed by atoms with Crippen LogP contribution in [0.15, 0.2) is 71.8 Å². The minimum Gasteiger partial charge on any atom is -0.494 e. The fourth-order valence-corrected chi connectivity index (χ4v) is 3.19. The molecule has 2 N–H and O–H groups in total. The SMILES string of the molecule is CCCOc1ccc(-n2c(=O)ccc3cc(C(=O)NCc4ccncc4)[nH]c32)cc1. The standard InChI is InChI=1S/C23H22N4O3/c1-2-13-30-19-6-4-18(5-7-19)27-21(28)8-3-17-14-20(26-22(17)27)23(29)25-15-16-9-11-24-12-10-16/h3-12,14,26H,2,13,15H2,1H3,(H,25,29). The number of pyridine rings is 2. The van der Waals surface area contributed by atoms with Crippen LogP contribution in [-0.2, 0) is 6.54 Å². The van der Waals surface area contributed by atoms with Crippen LogP contribution in [0.3, 0.4) is 0 Å². The summed E-state index contributed by atoms with van der Waals surface area (Å²) in [6.07, 6.45) is 4.29. The molecular weight excluding hydrogens is 380 g/mol. The Morgan fingerprint density at radius 3 is 2.60 bits per heavy atom. The number of nitrogens with one attached hydrogen (secondary N) is 2. The Labute approximate surface area is 173 Å². The number of aromatic amines is 1. The summed E-state index contributed by atoms with van der Waals surface area (Å²) in [6.45, 7) is 3.08. The number of fused-ring (bicyclic) bond motifs is 1. The number of amides is 1. The Bertz CT molecular complexity index is 1210. The van der Waals surface area contributed by atoms with E-state index in [1.807, 2.05) is 43.3 Å². The fraction of sp³-hybridized carbons (Fsp3) is 0.174. The van der Waals surface area contributed by atoms with Crippen molar-refractivity contribution < 1.29 is 9.53 Å². The molecule has 3 aromatic heterocycles. The summed E-state index contributed by atoms with van der Waals surface area (Å²) in [4.78, 5) is 32.3. The lowest BCUT2D eigenvalue weighted by atomic mass is 10.2. The molecule has 152 valence electrons. The van der Waals surface area contributed by atoms with Gasteiger partial charge < -0.3 is 15.0 Å². The summed E-state index contributed by atoms with van der Waals surface area (Å²) in [6, 6.07) is 16.0. The van der Waals surface area contributed by atoms with Crippen molar-refractivity contribution in [2.75, 3.05) is 6.61 Å². The number of aromatic nitrogens is 3. The minimum absolute atomic E-state index is 0.185. The third kappa shape index (κ3) is 4.10. The lowest BCUT2D eigenvalue weighted by molar-refractivity contribution is 0.0946. The zero-order valence-corrected chi connectivity index (χ0v) is 16.6. The van der Waals surface area contributed by atoms with Gasteiger partial charge in [-0.15, -0.1) is 0 Å². The molecule has 30 heavy (non-hydrogen) atoms. The Hall–Kier alpha value is -3.87. The van der Waals surface area contributed by atoms with Gasteiger partial charge in [-0.2, -0.15) is 0 Å². The normalized spacial score (nSPS) is 10.8. The van der Waals surface area contributed by atoms with E-state index >= 15 is 0 Å². The van der Waals surface area contributed by atoms with E-state index in [9.17, 15) is 9.59 Å². The van der Waals surface area contributed by atoms with E-state index in [1.54, 1.807) is 29.1 Å². The molecule has 1 aromatic carbocycles. The maximum absolute atomic E-state index is 12.6. The Balaban J connectivity index is 1.61. The predicted octanol–water partition coefficient (Wildman–Crippen LogP) is 3.43. The van der Waals surface area contributed by atoms with Crippen LogP contribution in [0.25, 0.3) is 16.7 Å². The van der Waals surface area contributed by atoms with Crippen LogP contribution >= 0.6 is 0 Å². The van der Waals surface area contributed by atoms with Crippen LogP contribution in [0.1, 0.15) is 29.4 Å². The molecule has 0 radical (unpaired) electrons. The van der Waals surface area contributed by atoms with Gasteiger partial charge in [-0.05, 0) is 60.5 Å². The molecule has 0 aliphatic heterocycles. The van der Waals surface area contributed by atoms with E-state index in [1.165, 1.54) is 6.07 Å². The molecule has 7 nitrogen and oxygen atoms in total. The Morgan fingerprint density at radius 2 is 1.87 bits per heavy atom. The highest BCUT2D eigenvalue weighted by molar-refractivity contribution is 5.97. The topological polar surface area (TPSA) is 89.0 Å². The number of hydrogen-bond acceptors (Lipinski definition) is 4. The highest BCUT2D eigenvalue weighted by Crippen LogP contribution is 2.20. The number of carbonyl (C=O) groups is 1. The first-order valence-corrected chi connectivity index (χ1v) is 9.81. The summed E-state index contributed by atoms with van der Waals surface area (Å²) in [5.74, 6) is 0.508. The molecule has 0 saturated heterocycles. The van der Waals surface area contributed by atoms with Gasteiger partial charge in [0.15, 0.2) is 0 Å². The van der Waals surface area contributed by atoms with Crippen molar-refractivity contribution in [3.63, 3.8) is 0 Å². The van der Waals surface area contributed by atoms with Gasteiger partial charge in [0, 0.05) is 30.4 Å². The average molecular weight is 402 g/mol. The first-order valence-electron chi connectivity index (χ1n) is 9.81. The largest absolute Gasteiger partial charge is 0.494 e. The first-order chi connectivity index (χ1) is 14.7. The second-order valence-corrected chi connectivity index (χ2v) is 6.87. The molecule has 0 fully saturated rings. The van der Waals surface area contributed by atoms with E-state index < -0.39 is 0 Å². The molecule has 0 aliphatic rings. The molecule has 0 bridgehead atoms. The number of benzene rings is 1. The van der Waals surface area contributed by atoms with Gasteiger partial charge in [0.25, 0.3) is 11.5 Å². The third-order valence-electron chi connectivity index (χ3n) is 4.69. The number of carbonyl (C=O) groups excluding carboxylic acids is 1. The van der Waals surface area contributed by atoms with Crippen molar-refractivity contribution in [2.45, 2.75) is 19.9 Å². The van der Waals surface area contributed by atoms with Gasteiger partial charge in [-0.25, -0.2) is 0 Å². The molecule has 7 heteroatoms. The summed E-state index contributed by atoms with van der Waals surface area (Å²) in [7, 11) is 0. The Kier molecular flexibility index (Phi) is 5.61. The van der Waals surface area contributed by atoms with Crippen molar-refractivity contribution in [3.8, 4) is 11.4 Å². The van der Waals surface area contributed by atoms with E-state index in [0.717, 1.165) is 23.1 Å². The summed E-state index contributed by atoms with van der Waals surface area (Å²) < 4.78 is 7.16. The molecule has 0 spiro atoms. The first kappa shape index (κ1) is 19.4. The number of hydrogen-bond donors (Lipinski definition) is 2. The van der Waals surface area contributed by atoms with E-state index in [0.29, 0.717) is 30.2 Å². The van der Waals surface area contributed by atoms with Crippen LogP contribution in [0, 0.1) is 0 Å². The third-order valence-corrected chi connectivity index (χ3v) is 4.69. The molecule has 4 aromatic rings. The lowest BCUT2D eigenvalue weighted by Gasteiger charge is -2.09. The van der Waals surface area contributed by atoms with Crippen molar-refractivity contribution in [1.29, 1.82) is 0 Å². The van der Waals surface area contributed by atoms with Crippen LogP contribution < -0.4 is 15.6 Å². The molecule has 0 aliphatic carbocycles. The Morgan fingerprint density at radius 1 is 1.10 bits per heavy atom. The highest BCUT2D eigenvalue weighted by Gasteiger charge is 2.13. The van der Waals surface area contributed by atoms with Crippen molar-refractivity contribution >= 4 is 16.9 Å². The lowest BCUT2D eigenvalue weighted by Crippen LogP contribution is -2.23. The minimum atomic E-state index is -0.245. The van der Waals surface area contributed by atoms with Crippen LogP contribution in [-0.4, -0.2) is 27.0 Å². The van der Waals surface area contributed by atoms with Crippen molar-refractivity contribution in [2.24, 2.45) is 0 Å². The number of rotatable bonds is 7. The van der Waals surface area contributed by atoms with Gasteiger partial charge in [0.1, 0.15) is 17.1 Å². The zero-order chi connectivity index (χ0) is 20.9. The molecule has 0 unspecified atom stereocenters. The number of ether oxygens (including phenoxy) is 1.